The van der Waals surface area contributed by atoms with E-state index < -0.39 is 0 Å². The zero-order chi connectivity index (χ0) is 7.68. The molecule has 1 heterocycles. The second kappa shape index (κ2) is 2.67. The Kier molecular flexibility index (Phi) is 1.66. The summed E-state index contributed by atoms with van der Waals surface area (Å²) >= 11 is 0. The van der Waals surface area contributed by atoms with E-state index in [2.05, 4.69) is 25.1 Å². The topological polar surface area (TPSA) is 9.23 Å². The van der Waals surface area contributed by atoms with Gasteiger partial charge in [-0.25, -0.2) is 0 Å². The van der Waals surface area contributed by atoms with Crippen LogP contribution in [-0.2, 0) is 17.8 Å². The first-order valence-corrected chi connectivity index (χ1v) is 4.02. The van der Waals surface area contributed by atoms with Gasteiger partial charge in [-0.2, -0.15) is 0 Å². The molecule has 0 saturated carbocycles. The van der Waals surface area contributed by atoms with Gasteiger partial charge in [0.2, 0.25) is 0 Å². The third kappa shape index (κ3) is 1.29. The predicted molar refractivity (Wildman–Crippen MR) is 44.5 cm³/mol. The van der Waals surface area contributed by atoms with Crippen molar-refractivity contribution >= 4 is 0 Å². The van der Waals surface area contributed by atoms with Crippen molar-refractivity contribution in [1.82, 2.24) is 0 Å². The van der Waals surface area contributed by atoms with Crippen molar-refractivity contribution in [2.75, 3.05) is 6.61 Å². The highest BCUT2D eigenvalue weighted by Gasteiger charge is 2.07. The molecule has 1 aliphatic rings. The molecule has 0 radical (unpaired) electrons. The van der Waals surface area contributed by atoms with Gasteiger partial charge in [-0.15, -0.1) is 0 Å². The Morgan fingerprint density at radius 1 is 1.27 bits per heavy atom. The fourth-order valence-electron chi connectivity index (χ4n) is 1.49. The van der Waals surface area contributed by atoms with Crippen LogP contribution in [0.15, 0.2) is 18.2 Å². The monoisotopic (exact) mass is 148 g/mol. The molecule has 1 heteroatoms. The van der Waals surface area contributed by atoms with Crippen LogP contribution in [0.4, 0.5) is 0 Å². The van der Waals surface area contributed by atoms with Crippen LogP contribution < -0.4 is 0 Å². The van der Waals surface area contributed by atoms with E-state index in [-0.39, 0.29) is 0 Å². The fraction of sp³-hybridized carbons (Fsp3) is 0.400. The van der Waals surface area contributed by atoms with Crippen molar-refractivity contribution in [3.8, 4) is 0 Å². The Morgan fingerprint density at radius 2 is 2.18 bits per heavy atom. The largest absolute Gasteiger partial charge is 0.376 e. The van der Waals surface area contributed by atoms with Crippen molar-refractivity contribution in [1.29, 1.82) is 0 Å². The van der Waals surface area contributed by atoms with Gasteiger partial charge in [-0.1, -0.05) is 23.8 Å². The average Bonchev–Trinajstić information content (AvgIpc) is 2.04. The van der Waals surface area contributed by atoms with Gasteiger partial charge in [-0.05, 0) is 24.5 Å². The van der Waals surface area contributed by atoms with Gasteiger partial charge in [0.05, 0.1) is 13.2 Å². The number of fused-ring (bicyclic) bond motifs is 1. The maximum Gasteiger partial charge on any atom is 0.0719 e. The molecule has 0 spiro atoms. The van der Waals surface area contributed by atoms with Crippen molar-refractivity contribution in [3.63, 3.8) is 0 Å². The minimum atomic E-state index is 0.801. The second-order valence-corrected chi connectivity index (χ2v) is 3.07. The van der Waals surface area contributed by atoms with Gasteiger partial charge >= 0.3 is 0 Å². The van der Waals surface area contributed by atoms with Crippen LogP contribution in [0.5, 0.6) is 0 Å². The molecular weight excluding hydrogens is 136 g/mol. The zero-order valence-corrected chi connectivity index (χ0v) is 6.76. The molecule has 0 aliphatic carbocycles. The number of rotatable bonds is 0. The zero-order valence-electron chi connectivity index (χ0n) is 6.76. The fourth-order valence-corrected chi connectivity index (χ4v) is 1.49. The van der Waals surface area contributed by atoms with E-state index in [9.17, 15) is 0 Å². The number of ether oxygens (including phenoxy) is 1. The second-order valence-electron chi connectivity index (χ2n) is 3.07. The van der Waals surface area contributed by atoms with Crippen LogP contribution in [0.3, 0.4) is 0 Å². The first-order valence-electron chi connectivity index (χ1n) is 4.02. The van der Waals surface area contributed by atoms with Crippen molar-refractivity contribution in [2.24, 2.45) is 0 Å². The Labute approximate surface area is 67.0 Å². The van der Waals surface area contributed by atoms with Gasteiger partial charge in [0.15, 0.2) is 0 Å². The molecule has 0 saturated heterocycles. The molecule has 0 N–H and O–H groups in total. The highest BCUT2D eigenvalue weighted by atomic mass is 16.5. The van der Waals surface area contributed by atoms with Gasteiger partial charge < -0.3 is 4.74 Å². The minimum absolute atomic E-state index is 0.801. The summed E-state index contributed by atoms with van der Waals surface area (Å²) in [4.78, 5) is 0. The first kappa shape index (κ1) is 6.86. The van der Waals surface area contributed by atoms with Crippen LogP contribution in [0.1, 0.15) is 16.7 Å². The molecule has 2 rings (SSSR count). The van der Waals surface area contributed by atoms with Gasteiger partial charge in [-0.3, -0.25) is 0 Å². The van der Waals surface area contributed by atoms with E-state index in [1.165, 1.54) is 16.7 Å². The van der Waals surface area contributed by atoms with E-state index in [1.807, 2.05) is 0 Å². The van der Waals surface area contributed by atoms with Gasteiger partial charge in [0, 0.05) is 0 Å². The number of benzene rings is 1. The smallest absolute Gasteiger partial charge is 0.0719 e. The molecule has 1 aliphatic heterocycles. The molecule has 1 aromatic rings. The molecule has 0 unspecified atom stereocenters. The molecule has 0 amide bonds. The van der Waals surface area contributed by atoms with Gasteiger partial charge in [0.25, 0.3) is 0 Å². The van der Waals surface area contributed by atoms with Crippen LogP contribution in [0.25, 0.3) is 0 Å². The average molecular weight is 148 g/mol. The van der Waals surface area contributed by atoms with Gasteiger partial charge in [0.1, 0.15) is 0 Å². The molecule has 0 fully saturated rings. The normalized spacial score (nSPS) is 16.1. The molecule has 1 nitrogen and oxygen atoms in total. The Balaban J connectivity index is 2.43. The first-order chi connectivity index (χ1) is 5.36. The summed E-state index contributed by atoms with van der Waals surface area (Å²) in [5.74, 6) is 0. The van der Waals surface area contributed by atoms with Crippen molar-refractivity contribution in [3.05, 3.63) is 34.9 Å². The van der Waals surface area contributed by atoms with Crippen LogP contribution >= 0.6 is 0 Å². The maximum atomic E-state index is 5.34. The molecule has 1 aromatic carbocycles. The lowest BCUT2D eigenvalue weighted by atomic mass is 10.0. The number of hydrogen-bond acceptors (Lipinski definition) is 1. The highest BCUT2D eigenvalue weighted by Crippen LogP contribution is 2.17. The van der Waals surface area contributed by atoms with Crippen LogP contribution in [0, 0.1) is 6.92 Å². The van der Waals surface area contributed by atoms with E-state index >= 15 is 0 Å². The maximum absolute atomic E-state index is 5.34. The minimum Gasteiger partial charge on any atom is -0.376 e. The Morgan fingerprint density at radius 3 is 3.09 bits per heavy atom. The summed E-state index contributed by atoms with van der Waals surface area (Å²) in [5.41, 5.74) is 4.18. The molecule has 58 valence electrons. The summed E-state index contributed by atoms with van der Waals surface area (Å²) in [5, 5.41) is 0. The standard InChI is InChI=1S/C10H12O/c1-8-2-3-10-7-11-5-4-9(10)6-8/h2-3,6H,4-5,7H2,1H3. The summed E-state index contributed by atoms with van der Waals surface area (Å²) < 4.78 is 5.34. The Hall–Kier alpha value is -0.820. The molecule has 11 heavy (non-hydrogen) atoms. The summed E-state index contributed by atoms with van der Waals surface area (Å²) in [6.07, 6.45) is 1.08. The lowest BCUT2D eigenvalue weighted by Gasteiger charge is -2.16. The lowest BCUT2D eigenvalue weighted by molar-refractivity contribution is 0.111. The lowest BCUT2D eigenvalue weighted by Crippen LogP contribution is -2.09. The van der Waals surface area contributed by atoms with Crippen LogP contribution in [0.2, 0.25) is 0 Å². The summed E-state index contributed by atoms with van der Waals surface area (Å²) in [7, 11) is 0. The predicted octanol–water partition coefficient (Wildman–Crippen LogP) is 2.07. The van der Waals surface area contributed by atoms with Crippen molar-refractivity contribution < 1.29 is 4.74 Å². The molecule has 0 atom stereocenters. The van der Waals surface area contributed by atoms with E-state index in [4.69, 9.17) is 4.74 Å². The number of hydrogen-bond donors (Lipinski definition) is 0. The SMILES string of the molecule is Cc1ccc2c(c1)CCOC2. The van der Waals surface area contributed by atoms with E-state index in [1.54, 1.807) is 0 Å². The summed E-state index contributed by atoms with van der Waals surface area (Å²) in [6, 6.07) is 6.58. The number of aryl methyl sites for hydroxylation is 1. The Bertz CT molecular complexity index is 266. The molecule has 0 aromatic heterocycles. The van der Waals surface area contributed by atoms with Crippen molar-refractivity contribution in [2.45, 2.75) is 20.0 Å². The quantitative estimate of drug-likeness (QED) is 0.547. The third-order valence-electron chi connectivity index (χ3n) is 2.14. The summed E-state index contributed by atoms with van der Waals surface area (Å²) in [6.45, 7) is 3.82. The van der Waals surface area contributed by atoms with E-state index in [0.29, 0.717) is 0 Å². The molecular formula is C10H12O. The highest BCUT2D eigenvalue weighted by molar-refractivity contribution is 5.32. The van der Waals surface area contributed by atoms with Crippen LogP contribution in [-0.4, -0.2) is 6.61 Å². The van der Waals surface area contributed by atoms with E-state index in [0.717, 1.165) is 19.6 Å². The molecule has 0 bridgehead atoms. The third-order valence-corrected chi connectivity index (χ3v) is 2.14.